The number of benzene rings is 2. The zero-order valence-corrected chi connectivity index (χ0v) is 16.4. The molecule has 3 fully saturated rings. The topological polar surface area (TPSA) is 89.4 Å². The summed E-state index contributed by atoms with van der Waals surface area (Å²) in [5.41, 5.74) is 14.2. The molecule has 150 valence electrons. The monoisotopic (exact) mass is 389 g/mol. The van der Waals surface area contributed by atoms with Crippen molar-refractivity contribution in [3.63, 3.8) is 0 Å². The summed E-state index contributed by atoms with van der Waals surface area (Å²) < 4.78 is 0. The highest BCUT2D eigenvalue weighted by Crippen LogP contribution is 2.58. The van der Waals surface area contributed by atoms with Crippen molar-refractivity contribution in [3.05, 3.63) is 71.8 Å². The summed E-state index contributed by atoms with van der Waals surface area (Å²) in [5, 5.41) is 0. The molecule has 0 aromatic heterocycles. The first kappa shape index (κ1) is 18.4. The predicted octanol–water partition coefficient (Wildman–Crippen LogP) is 2.23. The van der Waals surface area contributed by atoms with Gasteiger partial charge in [0.2, 0.25) is 11.8 Å². The van der Waals surface area contributed by atoms with Crippen LogP contribution in [0.25, 0.3) is 0 Å². The van der Waals surface area contributed by atoms with E-state index in [1.54, 1.807) is 0 Å². The summed E-state index contributed by atoms with van der Waals surface area (Å²) in [5.74, 6) is -0.572. The Morgan fingerprint density at radius 2 is 1.38 bits per heavy atom. The molecule has 1 heterocycles. The maximum Gasteiger partial charge on any atom is 0.222 e. The van der Waals surface area contributed by atoms with Crippen molar-refractivity contribution >= 4 is 11.8 Å². The van der Waals surface area contributed by atoms with E-state index in [1.807, 2.05) is 12.1 Å². The van der Waals surface area contributed by atoms with E-state index >= 15 is 0 Å². The van der Waals surface area contributed by atoms with E-state index in [2.05, 4.69) is 53.4 Å². The Morgan fingerprint density at radius 1 is 0.793 bits per heavy atom. The normalized spacial score (nSPS) is 35.9. The van der Waals surface area contributed by atoms with Gasteiger partial charge in [-0.2, -0.15) is 0 Å². The lowest BCUT2D eigenvalue weighted by atomic mass is 9.86. The van der Waals surface area contributed by atoms with Gasteiger partial charge in [-0.3, -0.25) is 14.5 Å². The summed E-state index contributed by atoms with van der Waals surface area (Å²) in [4.78, 5) is 27.0. The number of hydrogen-bond acceptors (Lipinski definition) is 3. The molecular formula is C24H27N3O2. The molecule has 2 aliphatic carbocycles. The third kappa shape index (κ3) is 3.23. The van der Waals surface area contributed by atoms with Gasteiger partial charge in [0.1, 0.15) is 0 Å². The van der Waals surface area contributed by atoms with Crippen molar-refractivity contribution in [1.82, 2.24) is 4.90 Å². The van der Waals surface area contributed by atoms with Crippen molar-refractivity contribution in [2.45, 2.75) is 36.8 Å². The highest BCUT2D eigenvalue weighted by Gasteiger charge is 2.61. The molecule has 5 heteroatoms. The number of hydrogen-bond donors (Lipinski definition) is 2. The molecule has 2 aromatic rings. The van der Waals surface area contributed by atoms with Gasteiger partial charge >= 0.3 is 0 Å². The number of carbonyl (C=O) groups excluding carboxylic acids is 2. The number of carbonyl (C=O) groups is 2. The third-order valence-electron chi connectivity index (χ3n) is 7.20. The fourth-order valence-electron chi connectivity index (χ4n) is 5.69. The van der Waals surface area contributed by atoms with Crippen molar-refractivity contribution < 1.29 is 9.59 Å². The van der Waals surface area contributed by atoms with E-state index in [-0.39, 0.29) is 6.04 Å². The Labute approximate surface area is 171 Å². The standard InChI is InChI=1S/C24H27N3O2/c25-23(28)19-13-27(20-12-17(20)15-9-5-2-6-10-15)22(21(19)24(26)29)18-11-16(18)14-7-3-1-4-8-14/h1-10,16-22H,11-13H2,(H2,25,28)(H2,26,29)/t16-,17-,18+,19?,20+,21?,22?/m0/s1. The lowest BCUT2D eigenvalue weighted by molar-refractivity contribution is -0.130. The van der Waals surface area contributed by atoms with E-state index in [1.165, 1.54) is 11.1 Å². The molecule has 2 aromatic carbocycles. The number of primary amides is 2. The largest absolute Gasteiger partial charge is 0.369 e. The summed E-state index contributed by atoms with van der Waals surface area (Å²) in [6.45, 7) is 0.541. The van der Waals surface area contributed by atoms with E-state index in [4.69, 9.17) is 11.5 Å². The number of likely N-dealkylation sites (tertiary alicyclic amines) is 1. The molecule has 29 heavy (non-hydrogen) atoms. The molecule has 3 unspecified atom stereocenters. The SMILES string of the molecule is NC(=O)C1CN([C@@H]2C[C@H]2c2ccccc2)C([C@@H]2C[C@H]2c2ccccc2)C1C(N)=O. The minimum Gasteiger partial charge on any atom is -0.369 e. The fraction of sp³-hybridized carbons (Fsp3) is 0.417. The quantitative estimate of drug-likeness (QED) is 0.794. The highest BCUT2D eigenvalue weighted by atomic mass is 16.2. The average Bonchev–Trinajstić information content (AvgIpc) is 3.65. The zero-order valence-electron chi connectivity index (χ0n) is 16.4. The van der Waals surface area contributed by atoms with Crippen molar-refractivity contribution in [3.8, 4) is 0 Å². The van der Waals surface area contributed by atoms with Crippen LogP contribution in [-0.2, 0) is 9.59 Å². The van der Waals surface area contributed by atoms with Gasteiger partial charge in [-0.15, -0.1) is 0 Å². The van der Waals surface area contributed by atoms with Gasteiger partial charge in [0.15, 0.2) is 0 Å². The van der Waals surface area contributed by atoms with E-state index < -0.39 is 23.7 Å². The van der Waals surface area contributed by atoms with E-state index in [0.29, 0.717) is 30.3 Å². The van der Waals surface area contributed by atoms with Crippen LogP contribution in [0.15, 0.2) is 60.7 Å². The second kappa shape index (κ2) is 6.99. The molecule has 3 aliphatic rings. The Balaban J connectivity index is 1.43. The maximum atomic E-state index is 12.4. The van der Waals surface area contributed by atoms with Crippen LogP contribution in [0.2, 0.25) is 0 Å². The minimum absolute atomic E-state index is 0.00563. The lowest BCUT2D eigenvalue weighted by Gasteiger charge is -2.28. The zero-order chi connectivity index (χ0) is 20.1. The summed E-state index contributed by atoms with van der Waals surface area (Å²) in [7, 11) is 0. The summed E-state index contributed by atoms with van der Waals surface area (Å²) >= 11 is 0. The lowest BCUT2D eigenvalue weighted by Crippen LogP contribution is -2.43. The molecule has 7 atom stereocenters. The van der Waals surface area contributed by atoms with Crippen LogP contribution in [0.1, 0.15) is 35.8 Å². The van der Waals surface area contributed by atoms with E-state index in [0.717, 1.165) is 12.8 Å². The molecule has 5 nitrogen and oxygen atoms in total. The molecule has 1 aliphatic heterocycles. The van der Waals surface area contributed by atoms with E-state index in [9.17, 15) is 9.59 Å². The van der Waals surface area contributed by atoms with Crippen LogP contribution in [0.3, 0.4) is 0 Å². The minimum atomic E-state index is -0.497. The molecule has 5 rings (SSSR count). The van der Waals surface area contributed by atoms with Crippen molar-refractivity contribution in [1.29, 1.82) is 0 Å². The average molecular weight is 389 g/mol. The molecule has 0 spiro atoms. The second-order valence-electron chi connectivity index (χ2n) is 8.86. The van der Waals surface area contributed by atoms with Gasteiger partial charge in [-0.05, 0) is 35.8 Å². The summed E-state index contributed by atoms with van der Waals surface area (Å²) in [6.07, 6.45) is 2.09. The molecule has 0 bridgehead atoms. The van der Waals surface area contributed by atoms with Crippen LogP contribution in [0, 0.1) is 17.8 Å². The second-order valence-corrected chi connectivity index (χ2v) is 8.86. The Kier molecular flexibility index (Phi) is 4.43. The van der Waals surface area contributed by atoms with Crippen molar-refractivity contribution in [2.75, 3.05) is 6.54 Å². The Bertz CT molecular complexity index is 916. The first-order valence-corrected chi connectivity index (χ1v) is 10.5. The molecule has 1 saturated heterocycles. The maximum absolute atomic E-state index is 12.4. The number of nitrogens with two attached hydrogens (primary N) is 2. The number of rotatable bonds is 6. The molecule has 0 radical (unpaired) electrons. The van der Waals surface area contributed by atoms with Crippen LogP contribution in [0.5, 0.6) is 0 Å². The Hall–Kier alpha value is -2.66. The first-order valence-electron chi connectivity index (χ1n) is 10.5. The van der Waals surface area contributed by atoms with Crippen LogP contribution < -0.4 is 11.5 Å². The number of nitrogens with zero attached hydrogens (tertiary/aromatic N) is 1. The van der Waals surface area contributed by atoms with Gasteiger partial charge < -0.3 is 11.5 Å². The fourth-order valence-corrected chi connectivity index (χ4v) is 5.69. The molecule has 2 saturated carbocycles. The third-order valence-corrected chi connectivity index (χ3v) is 7.20. The molecular weight excluding hydrogens is 362 g/mol. The van der Waals surface area contributed by atoms with Gasteiger partial charge in [-0.25, -0.2) is 0 Å². The van der Waals surface area contributed by atoms with Gasteiger partial charge in [0, 0.05) is 24.5 Å². The highest BCUT2D eigenvalue weighted by molar-refractivity contribution is 5.87. The Morgan fingerprint density at radius 3 is 1.93 bits per heavy atom. The first-order chi connectivity index (χ1) is 14.1. The smallest absolute Gasteiger partial charge is 0.222 e. The van der Waals surface area contributed by atoms with Crippen LogP contribution in [0.4, 0.5) is 0 Å². The summed E-state index contributed by atoms with van der Waals surface area (Å²) in [6, 6.07) is 21.3. The van der Waals surface area contributed by atoms with Gasteiger partial charge in [0.25, 0.3) is 0 Å². The van der Waals surface area contributed by atoms with Crippen LogP contribution >= 0.6 is 0 Å². The predicted molar refractivity (Wildman–Crippen MR) is 111 cm³/mol. The number of amides is 2. The van der Waals surface area contributed by atoms with Gasteiger partial charge in [-0.1, -0.05) is 60.7 Å². The van der Waals surface area contributed by atoms with Crippen LogP contribution in [-0.4, -0.2) is 35.3 Å². The van der Waals surface area contributed by atoms with Crippen molar-refractivity contribution in [2.24, 2.45) is 29.2 Å². The van der Waals surface area contributed by atoms with Gasteiger partial charge in [0.05, 0.1) is 11.8 Å². The molecule has 4 N–H and O–H groups in total. The molecule has 2 amide bonds.